The third-order valence-electron chi connectivity index (χ3n) is 2.38. The normalized spacial score (nSPS) is 11.1. The molecule has 0 aromatic heterocycles. The third-order valence-corrected chi connectivity index (χ3v) is 3.23. The lowest BCUT2D eigenvalue weighted by atomic mass is 10.1. The predicted molar refractivity (Wildman–Crippen MR) is 71.1 cm³/mol. The van der Waals surface area contributed by atoms with E-state index in [9.17, 15) is 23.3 Å². The summed E-state index contributed by atoms with van der Waals surface area (Å²) in [7, 11) is -3.62. The van der Waals surface area contributed by atoms with Crippen LogP contribution in [0, 0.1) is 10.1 Å². The van der Waals surface area contributed by atoms with Crippen molar-refractivity contribution in [2.24, 2.45) is 5.14 Å². The summed E-state index contributed by atoms with van der Waals surface area (Å²) in [5.41, 5.74) is -0.797. The van der Waals surface area contributed by atoms with Gasteiger partial charge in [-0.05, 0) is 12.5 Å². The molecule has 1 aromatic carbocycles. The summed E-state index contributed by atoms with van der Waals surface area (Å²) >= 11 is 0. The van der Waals surface area contributed by atoms with Crippen LogP contribution in [0.1, 0.15) is 16.8 Å². The molecule has 0 amide bonds. The number of hydrogen-bond donors (Lipinski definition) is 3. The Morgan fingerprint density at radius 1 is 1.45 bits per heavy atom. The van der Waals surface area contributed by atoms with Gasteiger partial charge in [0.1, 0.15) is 5.69 Å². The van der Waals surface area contributed by atoms with Crippen LogP contribution in [0.2, 0.25) is 0 Å². The van der Waals surface area contributed by atoms with Crippen LogP contribution in [-0.4, -0.2) is 36.7 Å². The van der Waals surface area contributed by atoms with Gasteiger partial charge in [-0.1, -0.05) is 6.07 Å². The maximum atomic E-state index is 11.0. The molecule has 0 aliphatic heterocycles. The number of nitrogens with zero attached hydrogens (tertiary/aromatic N) is 1. The highest BCUT2D eigenvalue weighted by Gasteiger charge is 2.20. The van der Waals surface area contributed by atoms with Gasteiger partial charge in [0.15, 0.2) is 0 Å². The van der Waals surface area contributed by atoms with Gasteiger partial charge in [0, 0.05) is 12.6 Å². The van der Waals surface area contributed by atoms with E-state index in [4.69, 9.17) is 10.2 Å². The Morgan fingerprint density at radius 3 is 2.60 bits per heavy atom. The highest BCUT2D eigenvalue weighted by Crippen LogP contribution is 2.28. The topological polar surface area (TPSA) is 153 Å². The first-order valence-electron chi connectivity index (χ1n) is 5.47. The molecule has 10 heteroatoms. The monoisotopic (exact) mass is 303 g/mol. The molecule has 1 aromatic rings. The minimum absolute atomic E-state index is 0.0432. The number of benzene rings is 1. The van der Waals surface area contributed by atoms with Crippen LogP contribution in [-0.2, 0) is 10.0 Å². The van der Waals surface area contributed by atoms with Crippen molar-refractivity contribution in [3.8, 4) is 0 Å². The second-order valence-electron chi connectivity index (χ2n) is 3.91. The molecule has 0 fully saturated rings. The molecule has 0 unspecified atom stereocenters. The first-order chi connectivity index (χ1) is 9.22. The predicted octanol–water partition coefficient (Wildman–Crippen LogP) is 0.383. The SMILES string of the molecule is NS(=O)(=O)CCCNc1c(C(=O)O)cccc1[N+](=O)[O-]. The molecule has 0 aliphatic rings. The Balaban J connectivity index is 2.91. The second kappa shape index (κ2) is 6.30. The molecule has 4 N–H and O–H groups in total. The average Bonchev–Trinajstić information content (AvgIpc) is 2.32. The fourth-order valence-corrected chi connectivity index (χ4v) is 2.09. The summed E-state index contributed by atoms with van der Waals surface area (Å²) in [4.78, 5) is 21.1. The van der Waals surface area contributed by atoms with E-state index in [1.54, 1.807) is 0 Å². The van der Waals surface area contributed by atoms with Crippen molar-refractivity contribution in [3.05, 3.63) is 33.9 Å². The summed E-state index contributed by atoms with van der Waals surface area (Å²) in [6.07, 6.45) is 0.101. The molecule has 0 heterocycles. The number of para-hydroxylation sites is 1. The zero-order chi connectivity index (χ0) is 15.3. The first kappa shape index (κ1) is 15.9. The summed E-state index contributed by atoms with van der Waals surface area (Å²) in [5.74, 6) is -1.62. The zero-order valence-corrected chi connectivity index (χ0v) is 11.1. The van der Waals surface area contributed by atoms with Crippen molar-refractivity contribution < 1.29 is 23.2 Å². The number of sulfonamides is 1. The minimum atomic E-state index is -3.62. The van der Waals surface area contributed by atoms with Crippen molar-refractivity contribution in [3.63, 3.8) is 0 Å². The lowest BCUT2D eigenvalue weighted by Gasteiger charge is -2.09. The highest BCUT2D eigenvalue weighted by molar-refractivity contribution is 7.89. The van der Waals surface area contributed by atoms with Crippen molar-refractivity contribution in [1.82, 2.24) is 0 Å². The maximum Gasteiger partial charge on any atom is 0.338 e. The van der Waals surface area contributed by atoms with Crippen molar-refractivity contribution >= 4 is 27.4 Å². The quantitative estimate of drug-likeness (QED) is 0.374. The van der Waals surface area contributed by atoms with E-state index in [2.05, 4.69) is 5.32 Å². The number of carboxylic acid groups (broad SMARTS) is 1. The van der Waals surface area contributed by atoms with Gasteiger partial charge < -0.3 is 10.4 Å². The number of aromatic carboxylic acids is 1. The third kappa shape index (κ3) is 4.48. The number of nitrogens with one attached hydrogen (secondary N) is 1. The molecular formula is C10H13N3O6S. The van der Waals surface area contributed by atoms with E-state index < -0.39 is 20.9 Å². The fourth-order valence-electron chi connectivity index (χ4n) is 1.54. The molecule has 0 aliphatic carbocycles. The van der Waals surface area contributed by atoms with Crippen LogP contribution >= 0.6 is 0 Å². The van der Waals surface area contributed by atoms with Crippen LogP contribution in [0.5, 0.6) is 0 Å². The molecule has 0 spiro atoms. The Kier molecular flexibility index (Phi) is 5.00. The van der Waals surface area contributed by atoms with Gasteiger partial charge in [-0.3, -0.25) is 10.1 Å². The number of nitro groups is 1. The highest BCUT2D eigenvalue weighted by atomic mass is 32.2. The second-order valence-corrected chi connectivity index (χ2v) is 5.64. The zero-order valence-electron chi connectivity index (χ0n) is 10.3. The van der Waals surface area contributed by atoms with Gasteiger partial charge in [0.2, 0.25) is 10.0 Å². The maximum absolute atomic E-state index is 11.0. The van der Waals surface area contributed by atoms with E-state index in [1.165, 1.54) is 12.1 Å². The Hall–Kier alpha value is -2.20. The number of nitrogens with two attached hydrogens (primary N) is 1. The van der Waals surface area contributed by atoms with E-state index in [0.29, 0.717) is 0 Å². The van der Waals surface area contributed by atoms with E-state index in [0.717, 1.165) is 6.07 Å². The first-order valence-corrected chi connectivity index (χ1v) is 7.19. The average molecular weight is 303 g/mol. The van der Waals surface area contributed by atoms with E-state index in [1.807, 2.05) is 0 Å². The lowest BCUT2D eigenvalue weighted by molar-refractivity contribution is -0.384. The van der Waals surface area contributed by atoms with Crippen LogP contribution in [0.25, 0.3) is 0 Å². The fraction of sp³-hybridized carbons (Fsp3) is 0.300. The van der Waals surface area contributed by atoms with Crippen LogP contribution in [0.4, 0.5) is 11.4 Å². The molecule has 0 atom stereocenters. The molecular weight excluding hydrogens is 290 g/mol. The number of rotatable bonds is 7. The van der Waals surface area contributed by atoms with Gasteiger partial charge in [-0.2, -0.15) is 0 Å². The largest absolute Gasteiger partial charge is 0.478 e. The number of carboxylic acids is 1. The molecule has 0 bridgehead atoms. The summed E-state index contributed by atoms with van der Waals surface area (Å²) in [5, 5.41) is 27.2. The van der Waals surface area contributed by atoms with Crippen LogP contribution in [0.3, 0.4) is 0 Å². The minimum Gasteiger partial charge on any atom is -0.478 e. The van der Waals surface area contributed by atoms with Gasteiger partial charge in [-0.25, -0.2) is 18.4 Å². The summed E-state index contributed by atoms with van der Waals surface area (Å²) in [6, 6.07) is 3.64. The lowest BCUT2D eigenvalue weighted by Crippen LogP contribution is -2.19. The van der Waals surface area contributed by atoms with Crippen LogP contribution < -0.4 is 10.5 Å². The van der Waals surface area contributed by atoms with Crippen molar-refractivity contribution in [2.75, 3.05) is 17.6 Å². The molecule has 0 radical (unpaired) electrons. The molecule has 110 valence electrons. The Morgan fingerprint density at radius 2 is 2.10 bits per heavy atom. The van der Waals surface area contributed by atoms with E-state index >= 15 is 0 Å². The number of primary sulfonamides is 1. The van der Waals surface area contributed by atoms with Gasteiger partial charge >= 0.3 is 5.97 Å². The number of nitro benzene ring substituents is 1. The van der Waals surface area contributed by atoms with Crippen LogP contribution in [0.15, 0.2) is 18.2 Å². The number of carbonyl (C=O) groups is 1. The number of hydrogen-bond acceptors (Lipinski definition) is 6. The van der Waals surface area contributed by atoms with Crippen molar-refractivity contribution in [1.29, 1.82) is 0 Å². The summed E-state index contributed by atoms with van der Waals surface area (Å²) < 4.78 is 21.5. The summed E-state index contributed by atoms with van der Waals surface area (Å²) in [6.45, 7) is 0.0432. The van der Waals surface area contributed by atoms with Gasteiger partial charge in [-0.15, -0.1) is 0 Å². The Bertz CT molecular complexity index is 596. The molecule has 20 heavy (non-hydrogen) atoms. The van der Waals surface area contributed by atoms with Gasteiger partial charge in [0.05, 0.1) is 16.2 Å². The molecule has 0 saturated carbocycles. The van der Waals surface area contributed by atoms with Crippen molar-refractivity contribution in [2.45, 2.75) is 6.42 Å². The Labute approximate surface area is 114 Å². The molecule has 9 nitrogen and oxygen atoms in total. The van der Waals surface area contributed by atoms with Gasteiger partial charge in [0.25, 0.3) is 5.69 Å². The smallest absolute Gasteiger partial charge is 0.338 e. The number of anilines is 1. The molecule has 0 saturated heterocycles. The molecule has 1 rings (SSSR count). The van der Waals surface area contributed by atoms with E-state index in [-0.39, 0.29) is 35.7 Å². The standard InChI is InChI=1S/C10H13N3O6S/c11-20(18,19)6-2-5-12-9-7(10(14)15)3-1-4-8(9)13(16)17/h1,3-4,12H,2,5-6H2,(H,14,15)(H2,11,18,19).